The highest BCUT2D eigenvalue weighted by Gasteiger charge is 2.31. The molecule has 1 aromatic rings. The average Bonchev–Trinajstić information content (AvgIpc) is 2.38. The van der Waals surface area contributed by atoms with Crippen LogP contribution in [0.5, 0.6) is 0 Å². The first kappa shape index (κ1) is 15.7. The quantitative estimate of drug-likeness (QED) is 0.827. The molecule has 20 heavy (non-hydrogen) atoms. The number of piperazine rings is 1. The van der Waals surface area contributed by atoms with Crippen molar-refractivity contribution in [2.24, 2.45) is 5.14 Å². The van der Waals surface area contributed by atoms with Crippen molar-refractivity contribution in [2.45, 2.75) is 4.90 Å². The number of hydrogen-bond donors (Lipinski definition) is 1. The minimum atomic E-state index is -3.77. The zero-order valence-electron chi connectivity index (χ0n) is 10.4. The van der Waals surface area contributed by atoms with Gasteiger partial charge in [0.1, 0.15) is 0 Å². The molecule has 0 aliphatic carbocycles. The van der Waals surface area contributed by atoms with Crippen LogP contribution in [0.25, 0.3) is 0 Å². The van der Waals surface area contributed by atoms with Crippen LogP contribution in [0.2, 0.25) is 5.02 Å². The van der Waals surface area contributed by atoms with E-state index in [9.17, 15) is 16.8 Å². The summed E-state index contributed by atoms with van der Waals surface area (Å²) in [6.07, 6.45) is 0. The minimum Gasteiger partial charge on any atom is -0.216 e. The summed E-state index contributed by atoms with van der Waals surface area (Å²) in [7, 11) is -7.41. The Bertz CT molecular complexity index is 680. The van der Waals surface area contributed by atoms with Crippen molar-refractivity contribution >= 4 is 31.8 Å². The molecule has 1 heterocycles. The van der Waals surface area contributed by atoms with E-state index in [0.717, 1.165) is 4.31 Å². The van der Waals surface area contributed by atoms with Crippen molar-refractivity contribution in [3.8, 4) is 0 Å². The summed E-state index contributed by atoms with van der Waals surface area (Å²) in [4.78, 5) is 0.131. The third-order valence-corrected chi connectivity index (χ3v) is 6.26. The molecule has 0 atom stereocenters. The number of benzene rings is 1. The lowest BCUT2D eigenvalue weighted by Crippen LogP contribution is -2.52. The van der Waals surface area contributed by atoms with Gasteiger partial charge in [-0.05, 0) is 24.3 Å². The summed E-state index contributed by atoms with van der Waals surface area (Å²) in [5.74, 6) is 0. The molecule has 1 aliphatic rings. The monoisotopic (exact) mass is 339 g/mol. The lowest BCUT2D eigenvalue weighted by Gasteiger charge is -2.32. The molecule has 112 valence electrons. The molecule has 0 saturated carbocycles. The van der Waals surface area contributed by atoms with Gasteiger partial charge in [-0.2, -0.15) is 17.0 Å². The molecule has 0 radical (unpaired) electrons. The molecule has 1 aromatic carbocycles. The number of rotatable bonds is 3. The Labute approximate surface area is 123 Å². The Hall–Kier alpha value is -0.710. The highest BCUT2D eigenvalue weighted by Crippen LogP contribution is 2.20. The van der Waals surface area contributed by atoms with Crippen molar-refractivity contribution < 1.29 is 16.8 Å². The van der Waals surface area contributed by atoms with Crippen LogP contribution in [0.3, 0.4) is 0 Å². The minimum absolute atomic E-state index is 0.0473. The van der Waals surface area contributed by atoms with E-state index in [0.29, 0.717) is 5.02 Å². The Balaban J connectivity index is 2.15. The average molecular weight is 340 g/mol. The third kappa shape index (κ3) is 3.30. The molecular weight excluding hydrogens is 326 g/mol. The van der Waals surface area contributed by atoms with Crippen LogP contribution in [0.4, 0.5) is 0 Å². The molecule has 1 aliphatic heterocycles. The molecule has 0 amide bonds. The summed E-state index contributed by atoms with van der Waals surface area (Å²) >= 11 is 5.72. The van der Waals surface area contributed by atoms with Crippen molar-refractivity contribution in [2.75, 3.05) is 26.2 Å². The van der Waals surface area contributed by atoms with E-state index in [1.807, 2.05) is 0 Å². The first-order chi connectivity index (χ1) is 9.21. The number of nitrogens with two attached hydrogens (primary N) is 1. The smallest absolute Gasteiger partial charge is 0.216 e. The van der Waals surface area contributed by atoms with E-state index in [1.165, 1.54) is 28.6 Å². The molecule has 7 nitrogen and oxygen atoms in total. The van der Waals surface area contributed by atoms with Gasteiger partial charge in [-0.25, -0.2) is 13.6 Å². The van der Waals surface area contributed by atoms with Crippen LogP contribution in [0.15, 0.2) is 29.2 Å². The van der Waals surface area contributed by atoms with E-state index in [2.05, 4.69) is 0 Å². The molecule has 1 saturated heterocycles. The van der Waals surface area contributed by atoms with Gasteiger partial charge in [0.25, 0.3) is 10.2 Å². The molecule has 0 unspecified atom stereocenters. The summed E-state index contributed by atoms with van der Waals surface area (Å²) in [6, 6.07) is 5.83. The molecule has 2 rings (SSSR count). The van der Waals surface area contributed by atoms with Gasteiger partial charge in [0.2, 0.25) is 10.0 Å². The van der Waals surface area contributed by atoms with Gasteiger partial charge < -0.3 is 0 Å². The molecule has 2 N–H and O–H groups in total. The molecule has 0 spiro atoms. The van der Waals surface area contributed by atoms with Crippen LogP contribution in [0.1, 0.15) is 0 Å². The van der Waals surface area contributed by atoms with Crippen LogP contribution in [-0.4, -0.2) is 51.6 Å². The number of sulfonamides is 1. The zero-order chi connectivity index (χ0) is 15.0. The second kappa shape index (κ2) is 5.58. The first-order valence-electron chi connectivity index (χ1n) is 5.75. The molecule has 10 heteroatoms. The first-order valence-corrected chi connectivity index (χ1v) is 9.07. The predicted octanol–water partition coefficient (Wildman–Crippen LogP) is -0.150. The van der Waals surface area contributed by atoms with Crippen molar-refractivity contribution in [1.29, 1.82) is 0 Å². The Morgan fingerprint density at radius 3 is 1.80 bits per heavy atom. The van der Waals surface area contributed by atoms with Gasteiger partial charge in [-0.15, -0.1) is 0 Å². The SMILES string of the molecule is NS(=O)(=O)N1CCN(S(=O)(=O)c2ccc(Cl)cc2)CC1. The maximum absolute atomic E-state index is 12.3. The fourth-order valence-electron chi connectivity index (χ4n) is 1.92. The maximum atomic E-state index is 12.3. The van der Waals surface area contributed by atoms with E-state index < -0.39 is 20.2 Å². The van der Waals surface area contributed by atoms with Crippen LogP contribution >= 0.6 is 11.6 Å². The van der Waals surface area contributed by atoms with Gasteiger partial charge in [-0.3, -0.25) is 0 Å². The second-order valence-electron chi connectivity index (χ2n) is 4.30. The molecule has 1 fully saturated rings. The fourth-order valence-corrected chi connectivity index (χ4v) is 4.14. The third-order valence-electron chi connectivity index (χ3n) is 3.01. The van der Waals surface area contributed by atoms with E-state index in [1.54, 1.807) is 0 Å². The second-order valence-corrected chi connectivity index (χ2v) is 8.22. The Kier molecular flexibility index (Phi) is 4.38. The molecular formula is C10H14ClN3O4S2. The number of nitrogens with zero attached hydrogens (tertiary/aromatic N) is 2. The fraction of sp³-hybridized carbons (Fsp3) is 0.400. The highest BCUT2D eigenvalue weighted by atomic mass is 35.5. The van der Waals surface area contributed by atoms with E-state index in [-0.39, 0.29) is 31.1 Å². The Morgan fingerprint density at radius 2 is 1.35 bits per heavy atom. The largest absolute Gasteiger partial charge is 0.276 e. The summed E-state index contributed by atoms with van der Waals surface area (Å²) in [5.41, 5.74) is 0. The van der Waals surface area contributed by atoms with Crippen molar-refractivity contribution in [3.05, 3.63) is 29.3 Å². The summed E-state index contributed by atoms with van der Waals surface area (Å²) < 4.78 is 49.3. The Morgan fingerprint density at radius 1 is 0.900 bits per heavy atom. The van der Waals surface area contributed by atoms with Gasteiger partial charge in [0, 0.05) is 31.2 Å². The topological polar surface area (TPSA) is 101 Å². The number of halogens is 1. The summed E-state index contributed by atoms with van der Waals surface area (Å²) in [5, 5.41) is 5.46. The highest BCUT2D eigenvalue weighted by molar-refractivity contribution is 7.89. The number of hydrogen-bond acceptors (Lipinski definition) is 4. The lowest BCUT2D eigenvalue weighted by atomic mass is 10.4. The lowest BCUT2D eigenvalue weighted by molar-refractivity contribution is 0.273. The van der Waals surface area contributed by atoms with Crippen LogP contribution in [-0.2, 0) is 20.2 Å². The van der Waals surface area contributed by atoms with Gasteiger partial charge >= 0.3 is 0 Å². The van der Waals surface area contributed by atoms with E-state index >= 15 is 0 Å². The standard InChI is InChI=1S/C10H14ClN3O4S2/c11-9-1-3-10(4-2-9)19(15,16)13-5-7-14(8-6-13)20(12,17)18/h1-4H,5-8H2,(H2,12,17,18). The van der Waals surface area contributed by atoms with Crippen molar-refractivity contribution in [1.82, 2.24) is 8.61 Å². The molecule has 0 bridgehead atoms. The van der Waals surface area contributed by atoms with Crippen LogP contribution < -0.4 is 5.14 Å². The zero-order valence-corrected chi connectivity index (χ0v) is 12.8. The van der Waals surface area contributed by atoms with Gasteiger partial charge in [-0.1, -0.05) is 11.6 Å². The van der Waals surface area contributed by atoms with Gasteiger partial charge in [0.15, 0.2) is 0 Å². The van der Waals surface area contributed by atoms with Gasteiger partial charge in [0.05, 0.1) is 4.90 Å². The summed E-state index contributed by atoms with van der Waals surface area (Å²) in [6.45, 7) is 0.236. The van der Waals surface area contributed by atoms with Crippen molar-refractivity contribution in [3.63, 3.8) is 0 Å². The predicted molar refractivity (Wildman–Crippen MR) is 74.9 cm³/mol. The molecule has 0 aromatic heterocycles. The van der Waals surface area contributed by atoms with Crippen LogP contribution in [0, 0.1) is 0 Å². The normalized spacial score (nSPS) is 19.1. The van der Waals surface area contributed by atoms with E-state index in [4.69, 9.17) is 16.7 Å². The maximum Gasteiger partial charge on any atom is 0.276 e.